The van der Waals surface area contributed by atoms with Crippen LogP contribution in [0, 0.1) is 0 Å². The quantitative estimate of drug-likeness (QED) is 0.497. The van der Waals surface area contributed by atoms with Gasteiger partial charge in [-0.15, -0.1) is 0 Å². The Hall–Kier alpha value is -2.95. The Bertz CT molecular complexity index is 768. The molecule has 0 unspecified atom stereocenters. The molecule has 0 radical (unpaired) electrons. The molecule has 5 nitrogen and oxygen atoms in total. The molecule has 0 aliphatic carbocycles. The third-order valence-corrected chi connectivity index (χ3v) is 4.07. The lowest BCUT2D eigenvalue weighted by Gasteiger charge is -2.08. The first-order chi connectivity index (χ1) is 13.1. The minimum atomic E-state index is -0.272. The molecule has 0 heterocycles. The Kier molecular flexibility index (Phi) is 8.23. The van der Waals surface area contributed by atoms with Crippen molar-refractivity contribution < 1.29 is 9.59 Å². The largest absolute Gasteiger partial charge is 0.326 e. The highest BCUT2D eigenvalue weighted by Crippen LogP contribution is 2.11. The third kappa shape index (κ3) is 6.70. The standard InChI is InChI=1S/C22H27N3O2/c1-3-5-12-20(17-10-7-6-8-11-17)24-25-22(27)18-13-15-19(16-14-18)23-21(26)9-4-2/h6-8,10-11,13-16H,3-5,9,12H2,1-2H3,(H,23,26)(H,25,27)/b24-20+. The molecule has 0 aliphatic heterocycles. The number of hydrazone groups is 1. The van der Waals surface area contributed by atoms with Crippen molar-refractivity contribution in [2.75, 3.05) is 5.32 Å². The summed E-state index contributed by atoms with van der Waals surface area (Å²) in [6.45, 7) is 4.08. The average Bonchev–Trinajstić information content (AvgIpc) is 2.69. The fraction of sp³-hybridized carbons (Fsp3) is 0.318. The van der Waals surface area contributed by atoms with Crippen LogP contribution in [0.5, 0.6) is 0 Å². The first-order valence-electron chi connectivity index (χ1n) is 9.46. The van der Waals surface area contributed by atoms with Crippen molar-refractivity contribution in [2.24, 2.45) is 5.10 Å². The minimum absolute atomic E-state index is 0.0253. The number of amides is 2. The van der Waals surface area contributed by atoms with Gasteiger partial charge in [-0.1, -0.05) is 50.6 Å². The van der Waals surface area contributed by atoms with Crippen LogP contribution in [0.1, 0.15) is 61.9 Å². The molecule has 2 amide bonds. The maximum Gasteiger partial charge on any atom is 0.271 e. The number of carbonyl (C=O) groups is 2. The topological polar surface area (TPSA) is 70.6 Å². The Labute approximate surface area is 160 Å². The predicted octanol–water partition coefficient (Wildman–Crippen LogP) is 4.75. The van der Waals surface area contributed by atoms with Crippen LogP contribution in [0.25, 0.3) is 0 Å². The summed E-state index contributed by atoms with van der Waals surface area (Å²) in [5.41, 5.74) is 5.71. The second kappa shape index (κ2) is 10.9. The molecule has 2 N–H and O–H groups in total. The highest BCUT2D eigenvalue weighted by Gasteiger charge is 2.08. The van der Waals surface area contributed by atoms with E-state index >= 15 is 0 Å². The van der Waals surface area contributed by atoms with Crippen LogP contribution < -0.4 is 10.7 Å². The third-order valence-electron chi connectivity index (χ3n) is 4.07. The zero-order chi connectivity index (χ0) is 19.5. The van der Waals surface area contributed by atoms with Crippen molar-refractivity contribution in [1.82, 2.24) is 5.43 Å². The van der Waals surface area contributed by atoms with Gasteiger partial charge in [-0.25, -0.2) is 5.43 Å². The van der Waals surface area contributed by atoms with Gasteiger partial charge < -0.3 is 5.32 Å². The fourth-order valence-corrected chi connectivity index (χ4v) is 2.58. The normalized spacial score (nSPS) is 11.1. The molecule has 0 fully saturated rings. The van der Waals surface area contributed by atoms with E-state index in [9.17, 15) is 9.59 Å². The minimum Gasteiger partial charge on any atom is -0.326 e. The number of benzene rings is 2. The number of nitrogens with zero attached hydrogens (tertiary/aromatic N) is 1. The van der Waals surface area contributed by atoms with Crippen molar-refractivity contribution >= 4 is 23.2 Å². The van der Waals surface area contributed by atoms with Crippen LogP contribution in [0.4, 0.5) is 5.69 Å². The Balaban J connectivity index is 2.03. The monoisotopic (exact) mass is 365 g/mol. The van der Waals surface area contributed by atoms with Gasteiger partial charge in [0.15, 0.2) is 0 Å². The van der Waals surface area contributed by atoms with Crippen LogP contribution >= 0.6 is 0 Å². The van der Waals surface area contributed by atoms with E-state index in [-0.39, 0.29) is 11.8 Å². The van der Waals surface area contributed by atoms with E-state index in [2.05, 4.69) is 22.8 Å². The van der Waals surface area contributed by atoms with Gasteiger partial charge in [0.25, 0.3) is 5.91 Å². The first-order valence-corrected chi connectivity index (χ1v) is 9.46. The van der Waals surface area contributed by atoms with Gasteiger partial charge in [-0.3, -0.25) is 9.59 Å². The van der Waals surface area contributed by atoms with E-state index in [1.807, 2.05) is 37.3 Å². The Morgan fingerprint density at radius 1 is 0.852 bits per heavy atom. The highest BCUT2D eigenvalue weighted by atomic mass is 16.2. The molecule has 5 heteroatoms. The molecular weight excluding hydrogens is 338 g/mol. The average molecular weight is 365 g/mol. The molecule has 0 saturated heterocycles. The fourth-order valence-electron chi connectivity index (χ4n) is 2.58. The molecule has 142 valence electrons. The number of carbonyl (C=O) groups excluding carboxylic acids is 2. The summed E-state index contributed by atoms with van der Waals surface area (Å²) in [4.78, 5) is 24.0. The Morgan fingerprint density at radius 2 is 1.56 bits per heavy atom. The highest BCUT2D eigenvalue weighted by molar-refractivity contribution is 6.02. The van der Waals surface area contributed by atoms with Gasteiger partial charge >= 0.3 is 0 Å². The van der Waals surface area contributed by atoms with Crippen molar-refractivity contribution in [3.63, 3.8) is 0 Å². The first kappa shape index (κ1) is 20.4. The lowest BCUT2D eigenvalue weighted by Crippen LogP contribution is -2.20. The molecule has 0 aromatic heterocycles. The number of nitrogens with one attached hydrogen (secondary N) is 2. The van der Waals surface area contributed by atoms with Gasteiger partial charge in [0, 0.05) is 17.7 Å². The smallest absolute Gasteiger partial charge is 0.271 e. The summed E-state index contributed by atoms with van der Waals surface area (Å²) in [5.74, 6) is -0.297. The van der Waals surface area contributed by atoms with Crippen LogP contribution in [0.3, 0.4) is 0 Å². The van der Waals surface area contributed by atoms with Gasteiger partial charge in [-0.05, 0) is 49.1 Å². The van der Waals surface area contributed by atoms with Crippen molar-refractivity contribution in [3.05, 3.63) is 65.7 Å². The molecule has 2 rings (SSSR count). The lowest BCUT2D eigenvalue weighted by atomic mass is 10.1. The van der Waals surface area contributed by atoms with Crippen molar-refractivity contribution in [3.8, 4) is 0 Å². The molecule has 0 spiro atoms. The maximum absolute atomic E-state index is 12.4. The maximum atomic E-state index is 12.4. The predicted molar refractivity (Wildman–Crippen MR) is 110 cm³/mol. The van der Waals surface area contributed by atoms with Crippen molar-refractivity contribution in [1.29, 1.82) is 0 Å². The number of rotatable bonds is 9. The molecule has 27 heavy (non-hydrogen) atoms. The zero-order valence-electron chi connectivity index (χ0n) is 16.0. The number of anilines is 1. The SMILES string of the molecule is CCCC/C(=N\NC(=O)c1ccc(NC(=O)CCC)cc1)c1ccccc1. The summed E-state index contributed by atoms with van der Waals surface area (Å²) < 4.78 is 0. The number of unbranched alkanes of at least 4 members (excludes halogenated alkanes) is 1. The summed E-state index contributed by atoms with van der Waals surface area (Å²) >= 11 is 0. The van der Waals surface area contributed by atoms with Crippen LogP contribution in [-0.2, 0) is 4.79 Å². The van der Waals surface area contributed by atoms with E-state index in [0.717, 1.165) is 37.0 Å². The number of hydrogen-bond acceptors (Lipinski definition) is 3. The molecule has 0 bridgehead atoms. The van der Waals surface area contributed by atoms with Gasteiger partial charge in [-0.2, -0.15) is 5.10 Å². The molecule has 0 atom stereocenters. The lowest BCUT2D eigenvalue weighted by molar-refractivity contribution is -0.116. The van der Waals surface area contributed by atoms with Crippen LogP contribution in [0.2, 0.25) is 0 Å². The van der Waals surface area contributed by atoms with E-state index in [4.69, 9.17) is 0 Å². The second-order valence-electron chi connectivity index (χ2n) is 6.34. The summed E-state index contributed by atoms with van der Waals surface area (Å²) in [6, 6.07) is 16.7. The van der Waals surface area contributed by atoms with E-state index in [0.29, 0.717) is 17.7 Å². The van der Waals surface area contributed by atoms with Gasteiger partial charge in [0.1, 0.15) is 0 Å². The van der Waals surface area contributed by atoms with E-state index in [1.54, 1.807) is 24.3 Å². The van der Waals surface area contributed by atoms with E-state index < -0.39 is 0 Å². The Morgan fingerprint density at radius 3 is 2.19 bits per heavy atom. The number of hydrogen-bond donors (Lipinski definition) is 2. The molecule has 2 aromatic rings. The van der Waals surface area contributed by atoms with Gasteiger partial charge in [0.2, 0.25) is 5.91 Å². The molecule has 0 saturated carbocycles. The summed E-state index contributed by atoms with van der Waals surface area (Å²) in [7, 11) is 0. The van der Waals surface area contributed by atoms with Crippen LogP contribution in [0.15, 0.2) is 59.7 Å². The second-order valence-corrected chi connectivity index (χ2v) is 6.34. The molecular formula is C22H27N3O2. The van der Waals surface area contributed by atoms with E-state index in [1.165, 1.54) is 0 Å². The zero-order valence-corrected chi connectivity index (χ0v) is 16.0. The summed E-state index contributed by atoms with van der Waals surface area (Å²) in [6.07, 6.45) is 4.16. The summed E-state index contributed by atoms with van der Waals surface area (Å²) in [5, 5.41) is 7.16. The molecule has 0 aliphatic rings. The molecule has 2 aromatic carbocycles. The van der Waals surface area contributed by atoms with Gasteiger partial charge in [0.05, 0.1) is 5.71 Å². The van der Waals surface area contributed by atoms with Crippen LogP contribution in [-0.4, -0.2) is 17.5 Å². The van der Waals surface area contributed by atoms with Crippen molar-refractivity contribution in [2.45, 2.75) is 46.0 Å².